The second-order valence-electron chi connectivity index (χ2n) is 5.77. The third-order valence-corrected chi connectivity index (χ3v) is 4.09. The van der Waals surface area contributed by atoms with E-state index in [1.165, 1.54) is 18.2 Å². The molecule has 0 radical (unpaired) electrons. The van der Waals surface area contributed by atoms with E-state index in [9.17, 15) is 18.4 Å². The largest absolute Gasteiger partial charge is 0.489 e. The maximum Gasteiger partial charge on any atom is 0.416 e. The highest BCUT2D eigenvalue weighted by Crippen LogP contribution is 2.32. The van der Waals surface area contributed by atoms with Crippen LogP contribution in [0.15, 0.2) is 42.5 Å². The van der Waals surface area contributed by atoms with Gasteiger partial charge in [-0.25, -0.2) is 0 Å². The molecule has 2 nitrogen and oxygen atoms in total. The maximum atomic E-state index is 12.9. The summed E-state index contributed by atoms with van der Waals surface area (Å²) >= 11 is 6.20. The molecule has 2 aromatic carbocycles. The van der Waals surface area contributed by atoms with Crippen molar-refractivity contribution >= 4 is 23.3 Å². The Hall–Kier alpha value is -2.45. The van der Waals surface area contributed by atoms with E-state index in [0.717, 1.165) is 18.6 Å². The van der Waals surface area contributed by atoms with Gasteiger partial charge in [0, 0.05) is 0 Å². The van der Waals surface area contributed by atoms with Crippen molar-refractivity contribution < 1.29 is 17.9 Å². The van der Waals surface area contributed by atoms with Crippen molar-refractivity contribution in [2.45, 2.75) is 32.5 Å². The number of halogens is 4. The van der Waals surface area contributed by atoms with Crippen LogP contribution in [0, 0.1) is 11.3 Å². The number of alkyl halides is 3. The van der Waals surface area contributed by atoms with E-state index in [1.54, 1.807) is 18.2 Å². The smallest absolute Gasteiger partial charge is 0.416 e. The summed E-state index contributed by atoms with van der Waals surface area (Å²) < 4.78 is 44.3. The van der Waals surface area contributed by atoms with Crippen LogP contribution in [0.2, 0.25) is 5.02 Å². The van der Waals surface area contributed by atoms with Crippen molar-refractivity contribution in [3.63, 3.8) is 0 Å². The Kier molecular flexibility index (Phi) is 6.33. The zero-order chi connectivity index (χ0) is 19.3. The molecule has 1 atom stereocenters. The van der Waals surface area contributed by atoms with Gasteiger partial charge in [-0.15, -0.1) is 0 Å². The number of ether oxygens (including phenoxy) is 1. The van der Waals surface area contributed by atoms with Crippen molar-refractivity contribution in [3.8, 4) is 11.8 Å². The predicted octanol–water partition coefficient (Wildman–Crippen LogP) is 6.60. The van der Waals surface area contributed by atoms with Crippen LogP contribution in [0.25, 0.3) is 11.6 Å². The van der Waals surface area contributed by atoms with Gasteiger partial charge in [0.2, 0.25) is 0 Å². The van der Waals surface area contributed by atoms with E-state index in [1.807, 2.05) is 19.9 Å². The second-order valence-corrected chi connectivity index (χ2v) is 6.18. The lowest BCUT2D eigenvalue weighted by Gasteiger charge is -2.14. The normalized spacial score (nSPS) is 13.2. The fourth-order valence-corrected chi connectivity index (χ4v) is 2.45. The monoisotopic (exact) mass is 379 g/mol. The van der Waals surface area contributed by atoms with Crippen LogP contribution in [0.1, 0.15) is 37.0 Å². The Morgan fingerprint density at radius 1 is 1.27 bits per heavy atom. The highest BCUT2D eigenvalue weighted by molar-refractivity contribution is 6.32. The van der Waals surface area contributed by atoms with E-state index in [0.29, 0.717) is 16.3 Å². The van der Waals surface area contributed by atoms with E-state index >= 15 is 0 Å². The number of hydrogen-bond donors (Lipinski definition) is 0. The Balaban J connectivity index is 2.35. The average molecular weight is 380 g/mol. The maximum absolute atomic E-state index is 12.9. The van der Waals surface area contributed by atoms with Crippen LogP contribution in [0.5, 0.6) is 5.75 Å². The third kappa shape index (κ3) is 5.03. The minimum atomic E-state index is -4.46. The summed E-state index contributed by atoms with van der Waals surface area (Å²) in [6.45, 7) is 3.91. The average Bonchev–Trinajstić information content (AvgIpc) is 2.61. The zero-order valence-corrected chi connectivity index (χ0v) is 15.0. The molecular weight excluding hydrogens is 363 g/mol. The van der Waals surface area contributed by atoms with Gasteiger partial charge in [-0.3, -0.25) is 0 Å². The van der Waals surface area contributed by atoms with Crippen LogP contribution in [0.4, 0.5) is 13.2 Å². The first-order valence-electron chi connectivity index (χ1n) is 8.00. The van der Waals surface area contributed by atoms with Crippen LogP contribution in [0.3, 0.4) is 0 Å². The van der Waals surface area contributed by atoms with Gasteiger partial charge in [-0.1, -0.05) is 36.7 Å². The van der Waals surface area contributed by atoms with Crippen molar-refractivity contribution in [2.75, 3.05) is 0 Å². The van der Waals surface area contributed by atoms with Gasteiger partial charge >= 0.3 is 6.18 Å². The summed E-state index contributed by atoms with van der Waals surface area (Å²) in [6.07, 6.45) is -2.14. The number of nitrogens with zero attached hydrogens (tertiary/aromatic N) is 1. The molecule has 0 amide bonds. The molecule has 0 unspecified atom stereocenters. The van der Waals surface area contributed by atoms with Crippen molar-refractivity contribution in [1.82, 2.24) is 0 Å². The molecule has 0 aliphatic rings. The van der Waals surface area contributed by atoms with Crippen LogP contribution in [-0.4, -0.2) is 6.10 Å². The minimum absolute atomic E-state index is 0.00803. The van der Waals surface area contributed by atoms with Gasteiger partial charge in [0.1, 0.15) is 5.75 Å². The summed E-state index contributed by atoms with van der Waals surface area (Å²) in [5.74, 6) is 0.524. The lowest BCUT2D eigenvalue weighted by molar-refractivity contribution is -0.137. The van der Waals surface area contributed by atoms with Gasteiger partial charge in [0.05, 0.1) is 28.3 Å². The molecule has 2 aromatic rings. The lowest BCUT2D eigenvalue weighted by Crippen LogP contribution is -2.09. The van der Waals surface area contributed by atoms with Crippen molar-refractivity contribution in [3.05, 3.63) is 64.2 Å². The molecule has 0 N–H and O–H groups in total. The predicted molar refractivity (Wildman–Crippen MR) is 96.8 cm³/mol. The lowest BCUT2D eigenvalue weighted by atomic mass is 10.0. The SMILES string of the molecule is CC[C@@H](C)Oc1ccc(/C=C(/C#N)c2cccc(C(F)(F)F)c2)cc1Cl. The summed E-state index contributed by atoms with van der Waals surface area (Å²) in [4.78, 5) is 0. The Labute approximate surface area is 155 Å². The van der Waals surface area contributed by atoms with E-state index in [-0.39, 0.29) is 17.2 Å². The minimum Gasteiger partial charge on any atom is -0.489 e. The van der Waals surface area contributed by atoms with Gasteiger partial charge in [0.25, 0.3) is 0 Å². The molecule has 0 saturated carbocycles. The summed E-state index contributed by atoms with van der Waals surface area (Å²) in [6, 6.07) is 11.6. The summed E-state index contributed by atoms with van der Waals surface area (Å²) in [7, 11) is 0. The van der Waals surface area contributed by atoms with Crippen LogP contribution >= 0.6 is 11.6 Å². The number of hydrogen-bond acceptors (Lipinski definition) is 2. The molecule has 0 aliphatic heterocycles. The van der Waals surface area contributed by atoms with Crippen molar-refractivity contribution in [2.24, 2.45) is 0 Å². The number of allylic oxidation sites excluding steroid dienone is 1. The molecule has 0 aromatic heterocycles. The standard InChI is InChI=1S/C20H17ClF3NO/c1-3-13(2)26-19-8-7-14(10-18(19)21)9-16(12-25)15-5-4-6-17(11-15)20(22,23)24/h4-11,13H,3H2,1-2H3/b16-9-/t13-/m1/s1. The molecule has 6 heteroatoms. The molecule has 2 rings (SSSR count). The quantitative estimate of drug-likeness (QED) is 0.433. The Bertz CT molecular complexity index is 853. The van der Waals surface area contributed by atoms with E-state index in [2.05, 4.69) is 0 Å². The number of benzene rings is 2. The van der Waals surface area contributed by atoms with Gasteiger partial charge < -0.3 is 4.74 Å². The highest BCUT2D eigenvalue weighted by Gasteiger charge is 2.30. The fourth-order valence-electron chi connectivity index (χ4n) is 2.21. The molecule has 0 saturated heterocycles. The molecule has 136 valence electrons. The fraction of sp³-hybridized carbons (Fsp3) is 0.250. The molecular formula is C20H17ClF3NO. The first kappa shape index (κ1) is 19.9. The van der Waals surface area contributed by atoms with E-state index < -0.39 is 11.7 Å². The van der Waals surface area contributed by atoms with Crippen LogP contribution < -0.4 is 4.74 Å². The molecule has 0 heterocycles. The molecule has 26 heavy (non-hydrogen) atoms. The molecule has 0 spiro atoms. The highest BCUT2D eigenvalue weighted by atomic mass is 35.5. The van der Waals surface area contributed by atoms with Gasteiger partial charge in [-0.2, -0.15) is 18.4 Å². The third-order valence-electron chi connectivity index (χ3n) is 3.79. The second kappa shape index (κ2) is 8.29. The topological polar surface area (TPSA) is 33.0 Å². The van der Waals surface area contributed by atoms with Crippen molar-refractivity contribution in [1.29, 1.82) is 5.26 Å². The Morgan fingerprint density at radius 3 is 2.58 bits per heavy atom. The first-order chi connectivity index (χ1) is 12.2. The molecule has 0 fully saturated rings. The van der Waals surface area contributed by atoms with Gasteiger partial charge in [0.15, 0.2) is 0 Å². The zero-order valence-electron chi connectivity index (χ0n) is 14.3. The van der Waals surface area contributed by atoms with Crippen LogP contribution in [-0.2, 0) is 6.18 Å². The first-order valence-corrected chi connectivity index (χ1v) is 8.38. The van der Waals surface area contributed by atoms with Gasteiger partial charge in [-0.05, 0) is 54.8 Å². The summed E-state index contributed by atoms with van der Waals surface area (Å²) in [5, 5.41) is 9.73. The number of nitriles is 1. The van der Waals surface area contributed by atoms with E-state index in [4.69, 9.17) is 16.3 Å². The Morgan fingerprint density at radius 2 is 2.00 bits per heavy atom. The molecule has 0 bridgehead atoms. The summed E-state index contributed by atoms with van der Waals surface area (Å²) in [5.41, 5.74) is 0.105. The molecule has 0 aliphatic carbocycles. The number of rotatable bonds is 5.